The Morgan fingerprint density at radius 3 is 2.37 bits per heavy atom. The minimum absolute atomic E-state index is 0.0763. The second kappa shape index (κ2) is 11.4. The summed E-state index contributed by atoms with van der Waals surface area (Å²) in [5.74, 6) is 0.230. The van der Waals surface area contributed by atoms with Crippen LogP contribution in [0.3, 0.4) is 0 Å². The molecule has 0 bridgehead atoms. The average Bonchev–Trinajstić information content (AvgIpc) is 2.87. The van der Waals surface area contributed by atoms with Gasteiger partial charge >= 0.3 is 0 Å². The second-order valence-electron chi connectivity index (χ2n) is 8.99. The second-order valence-corrected chi connectivity index (χ2v) is 11.7. The molecule has 1 aliphatic carbocycles. The van der Waals surface area contributed by atoms with E-state index in [0.717, 1.165) is 37.8 Å². The summed E-state index contributed by atoms with van der Waals surface area (Å²) >= 11 is 12.4. The molecule has 0 unspecified atom stereocenters. The van der Waals surface area contributed by atoms with Crippen LogP contribution >= 0.6 is 23.2 Å². The van der Waals surface area contributed by atoms with Gasteiger partial charge in [-0.05, 0) is 49.2 Å². The zero-order valence-electron chi connectivity index (χ0n) is 19.8. The summed E-state index contributed by atoms with van der Waals surface area (Å²) in [6.45, 7) is 2.21. The van der Waals surface area contributed by atoms with Crippen molar-refractivity contribution in [2.75, 3.05) is 44.7 Å². The Hall–Kier alpha value is -2.00. The summed E-state index contributed by atoms with van der Waals surface area (Å²) in [6, 6.07) is 11.9. The maximum absolute atomic E-state index is 13.7. The van der Waals surface area contributed by atoms with Crippen LogP contribution in [-0.4, -0.2) is 69.4 Å². The minimum atomic E-state index is -3.92. The number of amides is 1. The number of ether oxygens (including phenoxy) is 1. The van der Waals surface area contributed by atoms with E-state index in [1.807, 2.05) is 24.3 Å². The topological polar surface area (TPSA) is 70.2 Å². The molecule has 1 saturated heterocycles. The van der Waals surface area contributed by atoms with Crippen LogP contribution < -0.4 is 9.64 Å². The number of nitrogens with zero attached hydrogens (tertiary/aromatic N) is 3. The van der Waals surface area contributed by atoms with E-state index in [2.05, 4.69) is 4.90 Å². The van der Waals surface area contributed by atoms with Crippen molar-refractivity contribution < 1.29 is 17.9 Å². The highest BCUT2D eigenvalue weighted by Gasteiger charge is 2.36. The number of benzene rings is 2. The van der Waals surface area contributed by atoms with Crippen LogP contribution in [0.5, 0.6) is 5.75 Å². The Balaban J connectivity index is 1.50. The van der Waals surface area contributed by atoms with Crippen molar-refractivity contribution in [1.82, 2.24) is 9.21 Å². The Labute approximate surface area is 217 Å². The Morgan fingerprint density at radius 1 is 1.03 bits per heavy atom. The van der Waals surface area contributed by atoms with E-state index in [9.17, 15) is 13.2 Å². The van der Waals surface area contributed by atoms with E-state index >= 15 is 0 Å². The monoisotopic (exact) mass is 539 g/mol. The molecule has 2 fully saturated rings. The number of anilines is 1. The third-order valence-electron chi connectivity index (χ3n) is 6.81. The first-order chi connectivity index (χ1) is 16.8. The molecule has 7 nitrogen and oxygen atoms in total. The zero-order valence-corrected chi connectivity index (χ0v) is 22.2. The maximum Gasteiger partial charge on any atom is 0.243 e. The molecular formula is C25H31Cl2N3O4S. The SMILES string of the molecule is COc1ccc(S(=O)(=O)N(CC(=O)N2CCN(c3cccc(Cl)c3)CC2)C2CCCCC2)cc1Cl. The highest BCUT2D eigenvalue weighted by atomic mass is 35.5. The van der Waals surface area contributed by atoms with Crippen LogP contribution in [0.15, 0.2) is 47.4 Å². The van der Waals surface area contributed by atoms with E-state index < -0.39 is 10.0 Å². The highest BCUT2D eigenvalue weighted by Crippen LogP contribution is 2.32. The largest absolute Gasteiger partial charge is 0.495 e. The first-order valence-electron chi connectivity index (χ1n) is 11.9. The number of piperazine rings is 1. The first kappa shape index (κ1) is 26.1. The standard InChI is InChI=1S/C25H31Cl2N3O4S/c1-34-24-11-10-22(17-23(24)27)35(32,33)30(20-7-3-2-4-8-20)18-25(31)29-14-12-28(13-15-29)21-9-5-6-19(26)16-21/h5-6,9-11,16-17,20H,2-4,7-8,12-15,18H2,1H3. The van der Waals surface area contributed by atoms with Crippen molar-refractivity contribution >= 4 is 44.8 Å². The molecule has 0 aromatic heterocycles. The van der Waals surface area contributed by atoms with Gasteiger partial charge in [0, 0.05) is 42.9 Å². The first-order valence-corrected chi connectivity index (χ1v) is 14.1. The quantitative estimate of drug-likeness (QED) is 0.511. The lowest BCUT2D eigenvalue weighted by Gasteiger charge is -2.38. The fourth-order valence-corrected chi connectivity index (χ4v) is 7.01. The van der Waals surface area contributed by atoms with Gasteiger partial charge in [0.25, 0.3) is 0 Å². The summed E-state index contributed by atoms with van der Waals surface area (Å²) in [5, 5.41) is 0.897. The van der Waals surface area contributed by atoms with Crippen LogP contribution in [0, 0.1) is 0 Å². The van der Waals surface area contributed by atoms with E-state index in [0.29, 0.717) is 37.0 Å². The predicted molar refractivity (Wildman–Crippen MR) is 139 cm³/mol. The summed E-state index contributed by atoms with van der Waals surface area (Å²) < 4.78 is 34.0. The van der Waals surface area contributed by atoms with Gasteiger partial charge in [-0.25, -0.2) is 8.42 Å². The lowest BCUT2D eigenvalue weighted by atomic mass is 9.95. The highest BCUT2D eigenvalue weighted by molar-refractivity contribution is 7.89. The van der Waals surface area contributed by atoms with E-state index in [1.54, 1.807) is 11.0 Å². The number of rotatable bonds is 7. The molecule has 10 heteroatoms. The minimum Gasteiger partial charge on any atom is -0.495 e. The Morgan fingerprint density at radius 2 is 1.74 bits per heavy atom. The van der Waals surface area contributed by atoms with Crippen molar-refractivity contribution in [2.24, 2.45) is 0 Å². The van der Waals surface area contributed by atoms with Gasteiger partial charge in [0.1, 0.15) is 5.75 Å². The smallest absolute Gasteiger partial charge is 0.243 e. The molecule has 0 spiro atoms. The van der Waals surface area contributed by atoms with Crippen LogP contribution in [-0.2, 0) is 14.8 Å². The fourth-order valence-electron chi connectivity index (χ4n) is 4.84. The molecule has 0 N–H and O–H groups in total. The van der Waals surface area contributed by atoms with Crippen LogP contribution in [0.4, 0.5) is 5.69 Å². The fraction of sp³-hybridized carbons (Fsp3) is 0.480. The number of carbonyl (C=O) groups excluding carboxylic acids is 1. The number of halogens is 2. The third-order valence-corrected chi connectivity index (χ3v) is 9.23. The average molecular weight is 541 g/mol. The van der Waals surface area contributed by atoms with Gasteiger partial charge in [-0.2, -0.15) is 4.31 Å². The molecule has 1 heterocycles. The van der Waals surface area contributed by atoms with Crippen LogP contribution in [0.2, 0.25) is 10.0 Å². The molecule has 1 amide bonds. The molecule has 4 rings (SSSR count). The number of carbonyl (C=O) groups is 1. The van der Waals surface area contributed by atoms with Gasteiger partial charge in [0.2, 0.25) is 15.9 Å². The normalized spacial score (nSPS) is 17.6. The van der Waals surface area contributed by atoms with Crippen molar-refractivity contribution in [2.45, 2.75) is 43.0 Å². The lowest BCUT2D eigenvalue weighted by Crippen LogP contribution is -2.53. The van der Waals surface area contributed by atoms with E-state index in [4.69, 9.17) is 27.9 Å². The number of hydrogen-bond acceptors (Lipinski definition) is 5. The summed E-state index contributed by atoms with van der Waals surface area (Å²) in [5.41, 5.74) is 1.02. The number of methoxy groups -OCH3 is 1. The summed E-state index contributed by atoms with van der Waals surface area (Å²) in [6.07, 6.45) is 4.48. The van der Waals surface area contributed by atoms with Crippen LogP contribution in [0.1, 0.15) is 32.1 Å². The molecule has 190 valence electrons. The van der Waals surface area contributed by atoms with E-state index in [-0.39, 0.29) is 28.4 Å². The van der Waals surface area contributed by atoms with E-state index in [1.165, 1.54) is 23.5 Å². The van der Waals surface area contributed by atoms with Crippen molar-refractivity contribution in [3.8, 4) is 5.75 Å². The molecule has 1 aliphatic heterocycles. The van der Waals surface area contributed by atoms with Gasteiger partial charge in [0.05, 0.1) is 23.6 Å². The lowest BCUT2D eigenvalue weighted by molar-refractivity contribution is -0.132. The van der Waals surface area contributed by atoms with Gasteiger partial charge in [0.15, 0.2) is 0 Å². The van der Waals surface area contributed by atoms with Gasteiger partial charge in [-0.1, -0.05) is 48.5 Å². The predicted octanol–water partition coefficient (Wildman–Crippen LogP) is 4.67. The zero-order chi connectivity index (χ0) is 25.0. The molecule has 2 aromatic carbocycles. The van der Waals surface area contributed by atoms with Crippen LogP contribution in [0.25, 0.3) is 0 Å². The number of sulfonamides is 1. The number of hydrogen-bond donors (Lipinski definition) is 0. The molecule has 0 radical (unpaired) electrons. The molecule has 1 saturated carbocycles. The third kappa shape index (κ3) is 6.05. The Bertz CT molecular complexity index is 1150. The molecule has 2 aliphatic rings. The van der Waals surface area contributed by atoms with Gasteiger partial charge < -0.3 is 14.5 Å². The van der Waals surface area contributed by atoms with Gasteiger partial charge in [-0.15, -0.1) is 0 Å². The molecule has 2 aromatic rings. The van der Waals surface area contributed by atoms with Crippen molar-refractivity contribution in [3.63, 3.8) is 0 Å². The molecular weight excluding hydrogens is 509 g/mol. The van der Waals surface area contributed by atoms with Gasteiger partial charge in [-0.3, -0.25) is 4.79 Å². The van der Waals surface area contributed by atoms with Crippen molar-refractivity contribution in [3.05, 3.63) is 52.5 Å². The summed E-state index contributed by atoms with van der Waals surface area (Å²) in [7, 11) is -2.44. The summed E-state index contributed by atoms with van der Waals surface area (Å²) in [4.78, 5) is 17.3. The molecule has 35 heavy (non-hydrogen) atoms. The molecule has 0 atom stereocenters. The maximum atomic E-state index is 13.7. The van der Waals surface area contributed by atoms with Crippen molar-refractivity contribution in [1.29, 1.82) is 0 Å². The Kier molecular flexibility index (Phi) is 8.47.